The van der Waals surface area contributed by atoms with Crippen molar-refractivity contribution in [2.45, 2.75) is 19.1 Å². The van der Waals surface area contributed by atoms with Crippen molar-refractivity contribution in [3.63, 3.8) is 0 Å². The topological polar surface area (TPSA) is 50.8 Å². The van der Waals surface area contributed by atoms with E-state index in [4.69, 9.17) is 9.47 Å². The molecule has 2 fully saturated rings. The molecule has 2 atom stereocenters. The van der Waals surface area contributed by atoms with Gasteiger partial charge in [0.05, 0.1) is 5.92 Å². The molecule has 92 valence electrons. The van der Waals surface area contributed by atoms with Gasteiger partial charge in [-0.3, -0.25) is 4.79 Å². The standard InChI is InChI=1S/C11H20N2O3/c1-3-16-10-7-13(6-9(10)15-2)11(14)8-4-12-5-8/h8-10,12H,3-7H2,1-2H3/t9-,10+/m0/s1. The molecule has 0 radical (unpaired) electrons. The number of rotatable bonds is 4. The number of carbonyl (C=O) groups excluding carboxylic acids is 1. The zero-order chi connectivity index (χ0) is 11.5. The highest BCUT2D eigenvalue weighted by molar-refractivity contribution is 5.80. The van der Waals surface area contributed by atoms with E-state index in [9.17, 15) is 4.79 Å². The molecule has 16 heavy (non-hydrogen) atoms. The van der Waals surface area contributed by atoms with Crippen LogP contribution in [0, 0.1) is 5.92 Å². The Bertz CT molecular complexity index is 256. The minimum absolute atomic E-state index is 0.0249. The maximum Gasteiger partial charge on any atom is 0.228 e. The predicted molar refractivity (Wildman–Crippen MR) is 59.2 cm³/mol. The van der Waals surface area contributed by atoms with Crippen LogP contribution < -0.4 is 5.32 Å². The number of amides is 1. The lowest BCUT2D eigenvalue weighted by Crippen LogP contribution is -2.51. The fourth-order valence-electron chi connectivity index (χ4n) is 2.25. The van der Waals surface area contributed by atoms with Gasteiger partial charge in [-0.1, -0.05) is 0 Å². The molecule has 0 saturated carbocycles. The number of ether oxygens (including phenoxy) is 2. The Morgan fingerprint density at radius 1 is 1.38 bits per heavy atom. The first-order chi connectivity index (χ1) is 7.76. The van der Waals surface area contributed by atoms with Gasteiger partial charge < -0.3 is 19.7 Å². The predicted octanol–water partition coefficient (Wildman–Crippen LogP) is -0.532. The van der Waals surface area contributed by atoms with Gasteiger partial charge in [0.25, 0.3) is 0 Å². The minimum Gasteiger partial charge on any atom is -0.377 e. The van der Waals surface area contributed by atoms with Gasteiger partial charge in [0, 0.05) is 39.9 Å². The van der Waals surface area contributed by atoms with Crippen LogP contribution in [-0.4, -0.2) is 62.9 Å². The summed E-state index contributed by atoms with van der Waals surface area (Å²) in [7, 11) is 1.68. The maximum absolute atomic E-state index is 12.0. The normalized spacial score (nSPS) is 30.5. The zero-order valence-corrected chi connectivity index (χ0v) is 9.94. The number of nitrogens with one attached hydrogen (secondary N) is 1. The maximum atomic E-state index is 12.0. The van der Waals surface area contributed by atoms with Gasteiger partial charge in [-0.05, 0) is 6.92 Å². The van der Waals surface area contributed by atoms with E-state index in [1.165, 1.54) is 0 Å². The average molecular weight is 228 g/mol. The summed E-state index contributed by atoms with van der Waals surface area (Å²) in [6, 6.07) is 0. The Morgan fingerprint density at radius 2 is 2.06 bits per heavy atom. The number of hydrogen-bond acceptors (Lipinski definition) is 4. The third-order valence-corrected chi connectivity index (χ3v) is 3.34. The van der Waals surface area contributed by atoms with Crippen molar-refractivity contribution in [3.05, 3.63) is 0 Å². The third kappa shape index (κ3) is 2.21. The second kappa shape index (κ2) is 5.12. The van der Waals surface area contributed by atoms with Crippen molar-refractivity contribution >= 4 is 5.91 Å². The van der Waals surface area contributed by atoms with Crippen molar-refractivity contribution in [2.24, 2.45) is 5.92 Å². The Morgan fingerprint density at radius 3 is 2.56 bits per heavy atom. The molecule has 0 bridgehead atoms. The van der Waals surface area contributed by atoms with Crippen molar-refractivity contribution in [2.75, 3.05) is 39.9 Å². The van der Waals surface area contributed by atoms with Crippen LogP contribution in [0.4, 0.5) is 0 Å². The monoisotopic (exact) mass is 228 g/mol. The average Bonchev–Trinajstić information content (AvgIpc) is 2.59. The Balaban J connectivity index is 1.90. The van der Waals surface area contributed by atoms with E-state index in [2.05, 4.69) is 5.32 Å². The van der Waals surface area contributed by atoms with Crippen molar-refractivity contribution in [1.29, 1.82) is 0 Å². The number of hydrogen-bond donors (Lipinski definition) is 1. The van der Waals surface area contributed by atoms with E-state index in [1.54, 1.807) is 7.11 Å². The number of methoxy groups -OCH3 is 1. The van der Waals surface area contributed by atoms with Crippen LogP contribution in [0.25, 0.3) is 0 Å². The number of carbonyl (C=O) groups is 1. The van der Waals surface area contributed by atoms with Gasteiger partial charge in [0.15, 0.2) is 0 Å². The molecule has 1 N–H and O–H groups in total. The van der Waals surface area contributed by atoms with Crippen LogP contribution in [0.1, 0.15) is 6.92 Å². The molecule has 0 aromatic rings. The molecule has 0 unspecified atom stereocenters. The first kappa shape index (κ1) is 11.8. The summed E-state index contributed by atoms with van der Waals surface area (Å²) in [5, 5.41) is 3.12. The van der Waals surface area contributed by atoms with Gasteiger partial charge in [-0.25, -0.2) is 0 Å². The summed E-state index contributed by atoms with van der Waals surface area (Å²) < 4.78 is 10.9. The van der Waals surface area contributed by atoms with E-state index in [0.717, 1.165) is 13.1 Å². The molecule has 0 aromatic heterocycles. The van der Waals surface area contributed by atoms with Crippen molar-refractivity contribution < 1.29 is 14.3 Å². The Kier molecular flexibility index (Phi) is 3.78. The number of likely N-dealkylation sites (tertiary alicyclic amines) is 1. The van der Waals surface area contributed by atoms with E-state index >= 15 is 0 Å². The summed E-state index contributed by atoms with van der Waals surface area (Å²) in [5.41, 5.74) is 0. The SMILES string of the molecule is CCO[C@@H]1CN(C(=O)C2CNC2)C[C@@H]1OC. The van der Waals surface area contributed by atoms with E-state index in [0.29, 0.717) is 19.7 Å². The molecule has 2 aliphatic rings. The number of nitrogens with zero attached hydrogens (tertiary/aromatic N) is 1. The molecule has 2 aliphatic heterocycles. The zero-order valence-electron chi connectivity index (χ0n) is 9.94. The Hall–Kier alpha value is -0.650. The van der Waals surface area contributed by atoms with Crippen LogP contribution in [-0.2, 0) is 14.3 Å². The highest BCUT2D eigenvalue weighted by Crippen LogP contribution is 2.19. The van der Waals surface area contributed by atoms with Crippen LogP contribution in [0.3, 0.4) is 0 Å². The fourth-order valence-corrected chi connectivity index (χ4v) is 2.25. The third-order valence-electron chi connectivity index (χ3n) is 3.34. The molecule has 2 rings (SSSR count). The lowest BCUT2D eigenvalue weighted by molar-refractivity contribution is -0.136. The lowest BCUT2D eigenvalue weighted by Gasteiger charge is -2.30. The van der Waals surface area contributed by atoms with Gasteiger partial charge in [-0.15, -0.1) is 0 Å². The highest BCUT2D eigenvalue weighted by atomic mass is 16.5. The largest absolute Gasteiger partial charge is 0.377 e. The van der Waals surface area contributed by atoms with E-state index in [-0.39, 0.29) is 24.0 Å². The van der Waals surface area contributed by atoms with E-state index in [1.807, 2.05) is 11.8 Å². The fraction of sp³-hybridized carbons (Fsp3) is 0.909. The van der Waals surface area contributed by atoms with Crippen LogP contribution >= 0.6 is 0 Å². The molecule has 2 saturated heterocycles. The van der Waals surface area contributed by atoms with Crippen LogP contribution in [0.2, 0.25) is 0 Å². The minimum atomic E-state index is 0.0249. The summed E-state index contributed by atoms with van der Waals surface area (Å²) >= 11 is 0. The first-order valence-electron chi connectivity index (χ1n) is 5.90. The molecular formula is C11H20N2O3. The van der Waals surface area contributed by atoms with Crippen LogP contribution in [0.5, 0.6) is 0 Å². The van der Waals surface area contributed by atoms with E-state index < -0.39 is 0 Å². The molecule has 0 aromatic carbocycles. The Labute approximate surface area is 96.1 Å². The summed E-state index contributed by atoms with van der Waals surface area (Å²) in [5.74, 6) is 0.404. The highest BCUT2D eigenvalue weighted by Gasteiger charge is 2.39. The molecule has 1 amide bonds. The first-order valence-corrected chi connectivity index (χ1v) is 5.90. The van der Waals surface area contributed by atoms with Gasteiger partial charge in [-0.2, -0.15) is 0 Å². The molecule has 0 spiro atoms. The quantitative estimate of drug-likeness (QED) is 0.702. The molecule has 5 heteroatoms. The molecular weight excluding hydrogens is 208 g/mol. The van der Waals surface area contributed by atoms with Gasteiger partial charge >= 0.3 is 0 Å². The van der Waals surface area contributed by atoms with Crippen LogP contribution in [0.15, 0.2) is 0 Å². The summed E-state index contributed by atoms with van der Waals surface area (Å²) in [4.78, 5) is 13.9. The van der Waals surface area contributed by atoms with Crippen molar-refractivity contribution in [3.8, 4) is 0 Å². The van der Waals surface area contributed by atoms with Crippen molar-refractivity contribution in [1.82, 2.24) is 10.2 Å². The molecule has 5 nitrogen and oxygen atoms in total. The lowest BCUT2D eigenvalue weighted by atomic mass is 10.0. The molecule has 0 aliphatic carbocycles. The second-order valence-electron chi connectivity index (χ2n) is 4.37. The molecule has 2 heterocycles. The smallest absolute Gasteiger partial charge is 0.228 e. The summed E-state index contributed by atoms with van der Waals surface area (Å²) in [6.07, 6.45) is 0.0592. The van der Waals surface area contributed by atoms with Gasteiger partial charge in [0.1, 0.15) is 12.2 Å². The summed E-state index contributed by atoms with van der Waals surface area (Å²) in [6.45, 7) is 5.58. The second-order valence-corrected chi connectivity index (χ2v) is 4.37. The van der Waals surface area contributed by atoms with Gasteiger partial charge in [0.2, 0.25) is 5.91 Å².